The molecule has 9 heteroatoms. The Morgan fingerprint density at radius 3 is 2.43 bits per heavy atom. The molecule has 9 nitrogen and oxygen atoms in total. The number of carbonyl (C=O) groups excluding carboxylic acids is 1. The van der Waals surface area contributed by atoms with Gasteiger partial charge in [-0.05, 0) is 73.5 Å². The molecule has 5 aliphatic rings. The van der Waals surface area contributed by atoms with Crippen LogP contribution in [0.15, 0.2) is 0 Å². The third kappa shape index (κ3) is 3.68. The average molecular weight is 499 g/mol. The predicted octanol–water partition coefficient (Wildman–Crippen LogP) is 0.118. The molecule has 1 saturated heterocycles. The largest absolute Gasteiger partial charge is 0.395 e. The molecule has 0 radical (unpaired) electrons. The van der Waals surface area contributed by atoms with Crippen molar-refractivity contribution in [1.29, 1.82) is 0 Å². The van der Waals surface area contributed by atoms with Crippen molar-refractivity contribution in [2.24, 2.45) is 34.0 Å². The normalized spacial score (nSPS) is 55.9. The van der Waals surface area contributed by atoms with Gasteiger partial charge in [-0.3, -0.25) is 4.79 Å². The van der Waals surface area contributed by atoms with E-state index in [0.717, 1.165) is 38.5 Å². The van der Waals surface area contributed by atoms with Crippen LogP contribution in [0.25, 0.3) is 0 Å². The monoisotopic (exact) mass is 498 g/mol. The topological polar surface area (TPSA) is 157 Å². The molecule has 0 amide bonds. The summed E-state index contributed by atoms with van der Waals surface area (Å²) in [4.78, 5) is 12.8. The second kappa shape index (κ2) is 8.70. The van der Waals surface area contributed by atoms with Crippen LogP contribution in [0.1, 0.15) is 65.2 Å². The predicted molar refractivity (Wildman–Crippen MR) is 123 cm³/mol. The smallest absolute Gasteiger partial charge is 0.186 e. The maximum Gasteiger partial charge on any atom is 0.186 e. The number of ether oxygens (including phenoxy) is 2. The lowest BCUT2D eigenvalue weighted by atomic mass is 9.41. The number of fused-ring (bicyclic) bond motifs is 3. The average Bonchev–Trinajstić information content (AvgIpc) is 3.04. The Morgan fingerprint density at radius 1 is 1.00 bits per heavy atom. The van der Waals surface area contributed by atoms with E-state index in [9.17, 15) is 35.4 Å². The van der Waals surface area contributed by atoms with Gasteiger partial charge in [0.05, 0.1) is 30.8 Å². The van der Waals surface area contributed by atoms with Crippen molar-refractivity contribution in [2.45, 2.75) is 102 Å². The minimum Gasteiger partial charge on any atom is -0.395 e. The molecule has 4 saturated carbocycles. The first kappa shape index (κ1) is 26.0. The second-order valence-corrected chi connectivity index (χ2v) is 12.8. The molecule has 12 atom stereocenters. The summed E-state index contributed by atoms with van der Waals surface area (Å²) in [6.45, 7) is 3.51. The standard InChI is InChI=1S/C26H42O9/c1-23-7-6-18(29)24(2,12-28)16(23)5-8-25-9-14(3-4-17(23)25)26(33,11-25)13-34-22-21(32)20(31)19(30)15(10-27)35-22/h14-17,19-22,27-28,30-33H,3-13H2,1-2H3/t14-,15-,16+,17+,19-,20+,21-,22-,23-,24+,25+,26+/m1/s1. The summed E-state index contributed by atoms with van der Waals surface area (Å²) in [7, 11) is 0. The number of aliphatic hydroxyl groups excluding tert-OH is 5. The first-order valence-corrected chi connectivity index (χ1v) is 13.2. The third-order valence-corrected chi connectivity index (χ3v) is 11.1. The van der Waals surface area contributed by atoms with Gasteiger partial charge in [0.2, 0.25) is 0 Å². The molecule has 35 heavy (non-hydrogen) atoms. The van der Waals surface area contributed by atoms with Crippen molar-refractivity contribution in [1.82, 2.24) is 0 Å². The lowest BCUT2D eigenvalue weighted by Gasteiger charge is -2.63. The van der Waals surface area contributed by atoms with Crippen molar-refractivity contribution in [2.75, 3.05) is 19.8 Å². The fraction of sp³-hybridized carbons (Fsp3) is 0.962. The van der Waals surface area contributed by atoms with Crippen LogP contribution in [0, 0.1) is 34.0 Å². The molecule has 0 aromatic rings. The molecule has 1 spiro atoms. The Labute approximate surface area is 206 Å². The summed E-state index contributed by atoms with van der Waals surface area (Å²) in [5, 5.41) is 61.9. The summed E-state index contributed by atoms with van der Waals surface area (Å²) in [6.07, 6.45) is -0.440. The van der Waals surface area contributed by atoms with E-state index in [0.29, 0.717) is 18.8 Å². The molecule has 2 bridgehead atoms. The fourth-order valence-corrected chi connectivity index (χ4v) is 9.27. The number of aliphatic hydroxyl groups is 6. The summed E-state index contributed by atoms with van der Waals surface area (Å²) in [6, 6.07) is 0. The van der Waals surface area contributed by atoms with Crippen LogP contribution in [-0.2, 0) is 14.3 Å². The second-order valence-electron chi connectivity index (χ2n) is 12.8. The summed E-state index contributed by atoms with van der Waals surface area (Å²) in [5.74, 6) is 0.693. The Kier molecular flexibility index (Phi) is 6.45. The van der Waals surface area contributed by atoms with E-state index >= 15 is 0 Å². The van der Waals surface area contributed by atoms with Crippen molar-refractivity contribution < 1.29 is 44.9 Å². The number of Topliss-reactive ketones (excluding diaryl/α,β-unsaturated/α-hetero) is 1. The first-order chi connectivity index (χ1) is 16.4. The highest BCUT2D eigenvalue weighted by molar-refractivity contribution is 5.86. The van der Waals surface area contributed by atoms with Crippen molar-refractivity contribution >= 4 is 5.78 Å². The van der Waals surface area contributed by atoms with Gasteiger partial charge in [-0.2, -0.15) is 0 Å². The van der Waals surface area contributed by atoms with Crippen LogP contribution >= 0.6 is 0 Å². The minimum atomic E-state index is -1.52. The zero-order valence-corrected chi connectivity index (χ0v) is 20.8. The zero-order valence-electron chi connectivity index (χ0n) is 20.8. The van der Waals surface area contributed by atoms with Crippen LogP contribution < -0.4 is 0 Å². The van der Waals surface area contributed by atoms with Gasteiger partial charge in [-0.15, -0.1) is 0 Å². The number of ketones is 1. The molecule has 0 aromatic carbocycles. The molecule has 5 fully saturated rings. The Hall–Kier alpha value is -0.650. The molecule has 1 aliphatic heterocycles. The lowest BCUT2D eigenvalue weighted by Crippen LogP contribution is -2.60. The Morgan fingerprint density at radius 2 is 1.74 bits per heavy atom. The quantitative estimate of drug-likeness (QED) is 0.310. The van der Waals surface area contributed by atoms with Crippen LogP contribution in [0.3, 0.4) is 0 Å². The molecule has 6 N–H and O–H groups in total. The van der Waals surface area contributed by atoms with Crippen LogP contribution in [0.5, 0.6) is 0 Å². The molecule has 0 unspecified atom stereocenters. The maximum atomic E-state index is 12.8. The van der Waals surface area contributed by atoms with Crippen molar-refractivity contribution in [3.63, 3.8) is 0 Å². The SMILES string of the molecule is C[C@@]12CCC(=O)[C@@](C)(CO)[C@H]1CC[C@@]13C[C@@H](CC[C@H]12)[C@@](O)(CO[C@@H]1O[C@H](CO)[C@@H](O)[C@H](O)[C@H]1O)C3. The van der Waals surface area contributed by atoms with Crippen LogP contribution in [-0.4, -0.2) is 92.5 Å². The molecular formula is C26H42O9. The van der Waals surface area contributed by atoms with E-state index in [-0.39, 0.29) is 41.7 Å². The van der Waals surface area contributed by atoms with E-state index < -0.39 is 48.3 Å². The zero-order chi connectivity index (χ0) is 25.4. The van der Waals surface area contributed by atoms with Crippen molar-refractivity contribution in [3.05, 3.63) is 0 Å². The van der Waals surface area contributed by atoms with Crippen LogP contribution in [0.4, 0.5) is 0 Å². The van der Waals surface area contributed by atoms with Gasteiger partial charge in [0.25, 0.3) is 0 Å². The molecule has 200 valence electrons. The van der Waals surface area contributed by atoms with Gasteiger partial charge in [-0.25, -0.2) is 0 Å². The summed E-state index contributed by atoms with van der Waals surface area (Å²) < 4.78 is 11.3. The minimum absolute atomic E-state index is 0.0400. The number of hydrogen-bond acceptors (Lipinski definition) is 9. The Bertz CT molecular complexity index is 836. The number of carbonyl (C=O) groups is 1. The van der Waals surface area contributed by atoms with Gasteiger partial charge in [-0.1, -0.05) is 13.8 Å². The van der Waals surface area contributed by atoms with E-state index in [1.165, 1.54) is 0 Å². The lowest BCUT2D eigenvalue weighted by molar-refractivity contribution is -0.310. The highest BCUT2D eigenvalue weighted by Gasteiger charge is 2.68. The van der Waals surface area contributed by atoms with E-state index in [1.54, 1.807) is 0 Å². The number of rotatable bonds is 5. The summed E-state index contributed by atoms with van der Waals surface area (Å²) in [5.41, 5.74) is -1.94. The number of hydrogen-bond donors (Lipinski definition) is 6. The Balaban J connectivity index is 1.33. The van der Waals surface area contributed by atoms with Gasteiger partial charge >= 0.3 is 0 Å². The van der Waals surface area contributed by atoms with Gasteiger partial charge < -0.3 is 40.1 Å². The molecule has 5 rings (SSSR count). The maximum absolute atomic E-state index is 12.8. The summed E-state index contributed by atoms with van der Waals surface area (Å²) >= 11 is 0. The van der Waals surface area contributed by atoms with E-state index in [2.05, 4.69) is 6.92 Å². The molecular weight excluding hydrogens is 456 g/mol. The van der Waals surface area contributed by atoms with Gasteiger partial charge in [0.1, 0.15) is 30.2 Å². The van der Waals surface area contributed by atoms with Gasteiger partial charge in [0, 0.05) is 6.42 Å². The first-order valence-electron chi connectivity index (χ1n) is 13.2. The third-order valence-electron chi connectivity index (χ3n) is 11.1. The molecule has 4 aliphatic carbocycles. The molecule has 0 aromatic heterocycles. The van der Waals surface area contributed by atoms with E-state index in [1.807, 2.05) is 6.92 Å². The van der Waals surface area contributed by atoms with Crippen LogP contribution in [0.2, 0.25) is 0 Å². The highest BCUT2D eigenvalue weighted by Crippen LogP contribution is 2.72. The molecule has 1 heterocycles. The van der Waals surface area contributed by atoms with E-state index in [4.69, 9.17) is 9.47 Å². The van der Waals surface area contributed by atoms with Crippen molar-refractivity contribution in [3.8, 4) is 0 Å². The fourth-order valence-electron chi connectivity index (χ4n) is 9.27. The highest BCUT2D eigenvalue weighted by atomic mass is 16.7. The van der Waals surface area contributed by atoms with Gasteiger partial charge in [0.15, 0.2) is 6.29 Å².